The molecule has 0 aliphatic heterocycles. The molecular formula is C40H64O4. The van der Waals surface area contributed by atoms with Gasteiger partial charge in [-0.1, -0.05) is 117 Å². The maximum atomic E-state index is 12.8. The number of fused-ring (bicyclic) bond motifs is 5. The highest BCUT2D eigenvalue weighted by molar-refractivity contribution is 5.72. The van der Waals surface area contributed by atoms with Crippen molar-refractivity contribution in [1.82, 2.24) is 0 Å². The number of benzene rings is 1. The van der Waals surface area contributed by atoms with Gasteiger partial charge in [0.1, 0.15) is 11.9 Å². The average Bonchev–Trinajstić information content (AvgIpc) is 3.35. The Kier molecular flexibility index (Phi) is 14.6. The molecule has 248 valence electrons. The van der Waals surface area contributed by atoms with Crippen LogP contribution in [0.3, 0.4) is 0 Å². The summed E-state index contributed by atoms with van der Waals surface area (Å²) < 4.78 is 12.0. The van der Waals surface area contributed by atoms with E-state index in [1.807, 2.05) is 6.07 Å². The van der Waals surface area contributed by atoms with Crippen molar-refractivity contribution in [3.63, 3.8) is 0 Å². The summed E-state index contributed by atoms with van der Waals surface area (Å²) in [6.45, 7) is 6.92. The highest BCUT2D eigenvalue weighted by Crippen LogP contribution is 2.61. The zero-order valence-electron chi connectivity index (χ0n) is 28.6. The number of ether oxygens (including phenoxy) is 2. The van der Waals surface area contributed by atoms with E-state index in [1.165, 1.54) is 101 Å². The van der Waals surface area contributed by atoms with Gasteiger partial charge in [0.15, 0.2) is 0 Å². The summed E-state index contributed by atoms with van der Waals surface area (Å²) in [5.74, 6) is 2.52. The molecule has 3 aliphatic carbocycles. The fourth-order valence-corrected chi connectivity index (χ4v) is 8.97. The van der Waals surface area contributed by atoms with Crippen LogP contribution in [0, 0.1) is 17.3 Å². The summed E-state index contributed by atoms with van der Waals surface area (Å²) in [6.07, 6.45) is 27.7. The van der Waals surface area contributed by atoms with Crippen molar-refractivity contribution in [1.29, 1.82) is 0 Å². The molecule has 1 aromatic carbocycles. The molecule has 0 heterocycles. The van der Waals surface area contributed by atoms with Crippen molar-refractivity contribution in [2.24, 2.45) is 17.3 Å². The van der Waals surface area contributed by atoms with Gasteiger partial charge in [-0.15, -0.1) is 0 Å². The molecule has 3 aliphatic rings. The maximum absolute atomic E-state index is 12.8. The quantitative estimate of drug-likeness (QED) is 0.0839. The van der Waals surface area contributed by atoms with Crippen LogP contribution in [0.1, 0.15) is 185 Å². The molecule has 0 saturated heterocycles. The van der Waals surface area contributed by atoms with Gasteiger partial charge in [0.05, 0.1) is 0 Å². The largest absolute Gasteiger partial charge is 0.462 e. The first-order valence-electron chi connectivity index (χ1n) is 19.0. The van der Waals surface area contributed by atoms with Crippen LogP contribution >= 0.6 is 0 Å². The standard InChI is InChI=1S/C40H64O4/c1-4-6-8-10-12-14-16-18-20-38(41)43-32-23-25-33-31(30-32)22-24-35-34(33)28-29-40(3)36(35)26-27-37(40)44-39(42)21-19-17-15-13-11-9-7-5-2/h23,25,30,34-37H,4-22,24,26-29H2,1-3H3. The first kappa shape index (κ1) is 35.0. The van der Waals surface area contributed by atoms with Crippen molar-refractivity contribution in [3.8, 4) is 5.75 Å². The lowest BCUT2D eigenvalue weighted by Crippen LogP contribution is -2.45. The van der Waals surface area contributed by atoms with Gasteiger partial charge >= 0.3 is 11.9 Å². The summed E-state index contributed by atoms with van der Waals surface area (Å²) in [5.41, 5.74) is 2.96. The van der Waals surface area contributed by atoms with Crippen LogP contribution in [0.4, 0.5) is 0 Å². The Morgan fingerprint density at radius 3 is 1.95 bits per heavy atom. The maximum Gasteiger partial charge on any atom is 0.311 e. The molecule has 4 rings (SSSR count). The van der Waals surface area contributed by atoms with Gasteiger partial charge in [-0.25, -0.2) is 0 Å². The number of hydrogen-bond acceptors (Lipinski definition) is 4. The van der Waals surface area contributed by atoms with Gasteiger partial charge < -0.3 is 9.47 Å². The minimum atomic E-state index is -0.0907. The molecule has 2 fully saturated rings. The highest BCUT2D eigenvalue weighted by atomic mass is 16.5. The van der Waals surface area contributed by atoms with Gasteiger partial charge in [-0.3, -0.25) is 9.59 Å². The van der Waals surface area contributed by atoms with E-state index >= 15 is 0 Å². The van der Waals surface area contributed by atoms with Crippen LogP contribution in [-0.4, -0.2) is 18.0 Å². The smallest absolute Gasteiger partial charge is 0.311 e. The molecule has 0 spiro atoms. The minimum absolute atomic E-state index is 0.0310. The van der Waals surface area contributed by atoms with Crippen molar-refractivity contribution in [2.75, 3.05) is 0 Å². The van der Waals surface area contributed by atoms with E-state index in [9.17, 15) is 9.59 Å². The lowest BCUT2D eigenvalue weighted by Gasteiger charge is -2.50. The highest BCUT2D eigenvalue weighted by Gasteiger charge is 2.56. The Hall–Kier alpha value is -1.84. The first-order valence-corrected chi connectivity index (χ1v) is 19.0. The summed E-state index contributed by atoms with van der Waals surface area (Å²) in [5, 5.41) is 0. The predicted molar refractivity (Wildman–Crippen MR) is 181 cm³/mol. The second kappa shape index (κ2) is 18.3. The number of esters is 2. The topological polar surface area (TPSA) is 52.6 Å². The molecule has 2 saturated carbocycles. The van der Waals surface area contributed by atoms with Crippen molar-refractivity contribution in [2.45, 2.75) is 187 Å². The average molecular weight is 609 g/mol. The summed E-state index contributed by atoms with van der Waals surface area (Å²) in [7, 11) is 0. The number of carbonyl (C=O) groups is 2. The van der Waals surface area contributed by atoms with E-state index in [1.54, 1.807) is 0 Å². The minimum Gasteiger partial charge on any atom is -0.462 e. The Labute approximate surface area is 269 Å². The summed E-state index contributed by atoms with van der Waals surface area (Å²) in [4.78, 5) is 25.3. The third kappa shape index (κ3) is 9.83. The normalized spacial score (nSPS) is 25.6. The number of unbranched alkanes of at least 4 members (excludes halogenated alkanes) is 14. The van der Waals surface area contributed by atoms with E-state index in [4.69, 9.17) is 9.47 Å². The molecular weight excluding hydrogens is 544 g/mol. The van der Waals surface area contributed by atoms with Crippen LogP contribution < -0.4 is 4.74 Å². The molecule has 44 heavy (non-hydrogen) atoms. The zero-order valence-corrected chi connectivity index (χ0v) is 28.6. The van der Waals surface area contributed by atoms with Crippen molar-refractivity contribution >= 4 is 11.9 Å². The Morgan fingerprint density at radius 1 is 0.727 bits per heavy atom. The van der Waals surface area contributed by atoms with Crippen LogP contribution in [0.5, 0.6) is 5.75 Å². The third-order valence-electron chi connectivity index (χ3n) is 11.6. The molecule has 4 nitrogen and oxygen atoms in total. The second-order valence-electron chi connectivity index (χ2n) is 14.8. The molecule has 0 amide bonds. The molecule has 0 bridgehead atoms. The monoisotopic (exact) mass is 608 g/mol. The van der Waals surface area contributed by atoms with Crippen molar-refractivity contribution < 1.29 is 19.1 Å². The summed E-state index contributed by atoms with van der Waals surface area (Å²) >= 11 is 0. The van der Waals surface area contributed by atoms with Crippen LogP contribution in [-0.2, 0) is 20.7 Å². The van der Waals surface area contributed by atoms with Gasteiger partial charge in [0, 0.05) is 18.3 Å². The second-order valence-corrected chi connectivity index (χ2v) is 14.8. The fraction of sp³-hybridized carbons (Fsp3) is 0.800. The van der Waals surface area contributed by atoms with Crippen LogP contribution in [0.15, 0.2) is 18.2 Å². The van der Waals surface area contributed by atoms with E-state index in [-0.39, 0.29) is 23.5 Å². The van der Waals surface area contributed by atoms with Gasteiger partial charge in [0.2, 0.25) is 0 Å². The SMILES string of the molecule is CCCCCCCCCCC(=O)Oc1ccc2c(c1)CCC1C2CCC2(C)C(OC(=O)CCCCCCCCCC)CCC12. The fourth-order valence-electron chi connectivity index (χ4n) is 8.97. The van der Waals surface area contributed by atoms with Gasteiger partial charge in [-0.2, -0.15) is 0 Å². The predicted octanol–water partition coefficient (Wildman–Crippen LogP) is 11.4. The van der Waals surface area contributed by atoms with Crippen molar-refractivity contribution in [3.05, 3.63) is 29.3 Å². The lowest BCUT2D eigenvalue weighted by atomic mass is 9.55. The molecule has 0 radical (unpaired) electrons. The number of aryl methyl sites for hydroxylation is 1. The Morgan fingerprint density at radius 2 is 1.32 bits per heavy atom. The third-order valence-corrected chi connectivity index (χ3v) is 11.6. The lowest BCUT2D eigenvalue weighted by molar-refractivity contribution is -0.157. The molecule has 5 unspecified atom stereocenters. The zero-order chi connectivity index (χ0) is 31.2. The van der Waals surface area contributed by atoms with E-state index in [2.05, 4.69) is 32.9 Å². The Bertz CT molecular complexity index is 1020. The summed E-state index contributed by atoms with van der Waals surface area (Å²) in [6, 6.07) is 6.44. The number of hydrogen-bond donors (Lipinski definition) is 0. The Balaban J connectivity index is 1.20. The molecule has 1 aromatic rings. The first-order chi connectivity index (χ1) is 21.5. The molecule has 4 heteroatoms. The van der Waals surface area contributed by atoms with E-state index < -0.39 is 0 Å². The molecule has 5 atom stereocenters. The molecule has 0 aromatic heterocycles. The van der Waals surface area contributed by atoms with E-state index in [0.29, 0.717) is 30.6 Å². The number of carbonyl (C=O) groups excluding carboxylic acids is 2. The van der Waals surface area contributed by atoms with E-state index in [0.717, 1.165) is 57.1 Å². The van der Waals surface area contributed by atoms with Gasteiger partial charge in [0.25, 0.3) is 0 Å². The molecule has 0 N–H and O–H groups in total. The van der Waals surface area contributed by atoms with Crippen LogP contribution in [0.25, 0.3) is 0 Å². The number of rotatable bonds is 20. The van der Waals surface area contributed by atoms with Crippen LogP contribution in [0.2, 0.25) is 0 Å². The van der Waals surface area contributed by atoms with Gasteiger partial charge in [-0.05, 0) is 92.4 Å².